The lowest BCUT2D eigenvalue weighted by atomic mass is 10.1. The van der Waals surface area contributed by atoms with Gasteiger partial charge in [-0.25, -0.2) is 0 Å². The largest absolute Gasteiger partial charge is 0.281 e. The van der Waals surface area contributed by atoms with Crippen LogP contribution in [-0.2, 0) is 0 Å². The third-order valence-electron chi connectivity index (χ3n) is 3.09. The van der Waals surface area contributed by atoms with Gasteiger partial charge in [0.25, 0.3) is 5.56 Å². The molecule has 5 heteroatoms. The Bertz CT molecular complexity index is 824. The van der Waals surface area contributed by atoms with Gasteiger partial charge in [0.2, 0.25) is 0 Å². The molecule has 0 saturated heterocycles. The van der Waals surface area contributed by atoms with Crippen LogP contribution < -0.4 is 10.4 Å². The fraction of sp³-hybridized carbons (Fsp3) is 0.353. The zero-order chi connectivity index (χ0) is 16.3. The highest BCUT2D eigenvalue weighted by molar-refractivity contribution is 7.12. The van der Waals surface area contributed by atoms with Crippen molar-refractivity contribution in [1.29, 1.82) is 5.26 Å². The average Bonchev–Trinajstić information content (AvgIpc) is 2.46. The molecular weight excluding hydrogens is 294 g/mol. The van der Waals surface area contributed by atoms with Crippen LogP contribution in [-0.4, -0.2) is 10.6 Å². The minimum Gasteiger partial charge on any atom is -0.281 e. The predicted octanol–water partition coefficient (Wildman–Crippen LogP) is 3.34. The van der Waals surface area contributed by atoms with Crippen LogP contribution in [0.25, 0.3) is 10.4 Å². The van der Waals surface area contributed by atoms with E-state index in [2.05, 4.69) is 11.1 Å². The molecule has 0 aliphatic heterocycles. The number of rotatable bonds is 3. The van der Waals surface area contributed by atoms with Crippen LogP contribution in [0.15, 0.2) is 40.1 Å². The number of hydrogen-bond acceptors (Lipinski definition) is 4. The second-order valence-corrected chi connectivity index (χ2v) is 6.54. The van der Waals surface area contributed by atoms with E-state index in [0.29, 0.717) is 9.68 Å². The topological polar surface area (TPSA) is 58.1 Å². The third kappa shape index (κ3) is 3.18. The summed E-state index contributed by atoms with van der Waals surface area (Å²) >= 11 is 1.40. The van der Waals surface area contributed by atoms with Gasteiger partial charge in [-0.3, -0.25) is 14.4 Å². The molecule has 0 N–H and O–H groups in total. The minimum absolute atomic E-state index is 0.0434. The normalized spacial score (nSPS) is 12.0. The first-order valence-electron chi connectivity index (χ1n) is 7.24. The molecule has 0 saturated carbocycles. The van der Waals surface area contributed by atoms with Crippen molar-refractivity contribution in [1.82, 2.24) is 4.57 Å². The van der Waals surface area contributed by atoms with Crippen LogP contribution in [0.1, 0.15) is 39.3 Å². The first-order valence-corrected chi connectivity index (χ1v) is 8.06. The maximum absolute atomic E-state index is 12.7. The van der Waals surface area contributed by atoms with E-state index >= 15 is 0 Å². The lowest BCUT2D eigenvalue weighted by Crippen LogP contribution is -2.36. The van der Waals surface area contributed by atoms with Crippen molar-refractivity contribution in [2.75, 3.05) is 0 Å². The van der Waals surface area contributed by atoms with E-state index in [-0.39, 0.29) is 23.2 Å². The number of nitriles is 1. The first-order chi connectivity index (χ1) is 10.5. The van der Waals surface area contributed by atoms with E-state index in [1.54, 1.807) is 4.57 Å². The van der Waals surface area contributed by atoms with E-state index in [0.717, 1.165) is 5.56 Å². The van der Waals surface area contributed by atoms with Gasteiger partial charge in [0.05, 0.1) is 4.88 Å². The van der Waals surface area contributed by atoms with Gasteiger partial charge in [-0.1, -0.05) is 41.7 Å². The summed E-state index contributed by atoms with van der Waals surface area (Å²) in [5.41, 5.74) is 0.791. The Morgan fingerprint density at radius 3 is 2.32 bits per heavy atom. The minimum atomic E-state index is -0.269. The van der Waals surface area contributed by atoms with E-state index in [1.807, 2.05) is 58.0 Å². The molecule has 0 fully saturated rings. The molecule has 0 spiro atoms. The number of nitrogens with zero attached hydrogens (tertiary/aromatic N) is 3. The van der Waals surface area contributed by atoms with Crippen molar-refractivity contribution in [3.63, 3.8) is 0 Å². The molecule has 22 heavy (non-hydrogen) atoms. The summed E-state index contributed by atoms with van der Waals surface area (Å²) in [6, 6.07) is 11.6. The summed E-state index contributed by atoms with van der Waals surface area (Å²) in [6.45, 7) is 7.80. The van der Waals surface area contributed by atoms with Crippen molar-refractivity contribution < 1.29 is 0 Å². The smallest absolute Gasteiger partial charge is 0.272 e. The van der Waals surface area contributed by atoms with Gasteiger partial charge in [-0.2, -0.15) is 5.26 Å². The van der Waals surface area contributed by atoms with Gasteiger partial charge in [-0.05, 0) is 33.3 Å². The second kappa shape index (κ2) is 6.71. The zero-order valence-electron chi connectivity index (χ0n) is 13.2. The third-order valence-corrected chi connectivity index (χ3v) is 4.22. The fourth-order valence-corrected chi connectivity index (χ4v) is 3.48. The van der Waals surface area contributed by atoms with Crippen molar-refractivity contribution in [3.8, 4) is 16.5 Å². The van der Waals surface area contributed by atoms with Gasteiger partial charge in [-0.15, -0.1) is 0 Å². The molecule has 0 atom stereocenters. The van der Waals surface area contributed by atoms with Crippen molar-refractivity contribution in [2.45, 2.75) is 39.8 Å². The molecular formula is C17H19N3OS. The highest BCUT2D eigenvalue weighted by atomic mass is 32.1. The Hall–Kier alpha value is -2.19. The molecule has 1 aromatic carbocycles. The van der Waals surface area contributed by atoms with E-state index in [9.17, 15) is 10.1 Å². The monoisotopic (exact) mass is 313 g/mol. The molecule has 114 valence electrons. The van der Waals surface area contributed by atoms with Gasteiger partial charge in [0, 0.05) is 12.1 Å². The molecule has 2 rings (SSSR count). The van der Waals surface area contributed by atoms with Gasteiger partial charge >= 0.3 is 0 Å². The maximum Gasteiger partial charge on any atom is 0.272 e. The van der Waals surface area contributed by atoms with Gasteiger partial charge < -0.3 is 0 Å². The Morgan fingerprint density at radius 1 is 1.18 bits per heavy atom. The standard InChI is InChI=1S/C17H19N3OS/c1-11(2)19-17-20(12(3)4)16(21)14(10-18)15(22-17)13-8-6-5-7-9-13/h5-9,11-12H,1-4H3. The summed E-state index contributed by atoms with van der Waals surface area (Å²) in [7, 11) is 0. The molecule has 0 bridgehead atoms. The lowest BCUT2D eigenvalue weighted by molar-refractivity contribution is 0.553. The lowest BCUT2D eigenvalue weighted by Gasteiger charge is -2.13. The second-order valence-electron chi connectivity index (χ2n) is 5.56. The number of benzene rings is 1. The molecule has 4 nitrogen and oxygen atoms in total. The fourth-order valence-electron chi connectivity index (χ4n) is 2.15. The van der Waals surface area contributed by atoms with Crippen LogP contribution in [0.3, 0.4) is 0 Å². The first kappa shape index (κ1) is 16.2. The van der Waals surface area contributed by atoms with Crippen LogP contribution in [0.5, 0.6) is 0 Å². The van der Waals surface area contributed by atoms with Crippen molar-refractivity contribution >= 4 is 11.3 Å². The molecule has 0 radical (unpaired) electrons. The quantitative estimate of drug-likeness (QED) is 0.872. The number of hydrogen-bond donors (Lipinski definition) is 0. The summed E-state index contributed by atoms with van der Waals surface area (Å²) in [4.78, 5) is 18.6. The Balaban J connectivity index is 2.91. The molecule has 0 unspecified atom stereocenters. The number of aromatic nitrogens is 1. The van der Waals surface area contributed by atoms with E-state index in [1.165, 1.54) is 11.3 Å². The molecule has 0 amide bonds. The van der Waals surface area contributed by atoms with E-state index in [4.69, 9.17) is 0 Å². The molecule has 1 heterocycles. The molecule has 0 aliphatic carbocycles. The van der Waals surface area contributed by atoms with Crippen LogP contribution in [0, 0.1) is 11.3 Å². The van der Waals surface area contributed by atoms with Crippen LogP contribution >= 0.6 is 11.3 Å². The average molecular weight is 313 g/mol. The van der Waals surface area contributed by atoms with Crippen molar-refractivity contribution in [3.05, 3.63) is 51.1 Å². The maximum atomic E-state index is 12.7. The zero-order valence-corrected chi connectivity index (χ0v) is 14.0. The van der Waals surface area contributed by atoms with Gasteiger partial charge in [0.15, 0.2) is 4.80 Å². The van der Waals surface area contributed by atoms with E-state index < -0.39 is 0 Å². The highest BCUT2D eigenvalue weighted by Gasteiger charge is 2.16. The summed E-state index contributed by atoms with van der Waals surface area (Å²) in [6.07, 6.45) is 0. The Labute approximate surface area is 134 Å². The Morgan fingerprint density at radius 2 is 1.82 bits per heavy atom. The SMILES string of the molecule is CC(C)N=c1sc(-c2ccccc2)c(C#N)c(=O)n1C(C)C. The van der Waals surface area contributed by atoms with Gasteiger partial charge in [0.1, 0.15) is 11.6 Å². The van der Waals surface area contributed by atoms with Crippen LogP contribution in [0.2, 0.25) is 0 Å². The van der Waals surface area contributed by atoms with Crippen molar-refractivity contribution in [2.24, 2.45) is 4.99 Å². The van der Waals surface area contributed by atoms with Crippen LogP contribution in [0.4, 0.5) is 0 Å². The summed E-state index contributed by atoms with van der Waals surface area (Å²) < 4.78 is 1.61. The molecule has 0 aliphatic rings. The summed E-state index contributed by atoms with van der Waals surface area (Å²) in [5.74, 6) is 0. The Kier molecular flexibility index (Phi) is 4.94. The predicted molar refractivity (Wildman–Crippen MR) is 89.8 cm³/mol. The summed E-state index contributed by atoms with van der Waals surface area (Å²) in [5, 5.41) is 9.45. The molecule has 2 aromatic rings. The highest BCUT2D eigenvalue weighted by Crippen LogP contribution is 2.23. The molecule has 1 aromatic heterocycles.